The summed E-state index contributed by atoms with van der Waals surface area (Å²) in [7, 11) is 0. The van der Waals surface area contributed by atoms with E-state index in [9.17, 15) is 9.90 Å². The Morgan fingerprint density at radius 3 is 2.57 bits per heavy atom. The number of thioether (sulfide) groups is 1. The van der Waals surface area contributed by atoms with Crippen molar-refractivity contribution >= 4 is 23.4 Å². The summed E-state index contributed by atoms with van der Waals surface area (Å²) in [6.07, 6.45) is 0. The summed E-state index contributed by atoms with van der Waals surface area (Å²) >= 11 is 1.16. The van der Waals surface area contributed by atoms with Gasteiger partial charge in [-0.25, -0.2) is 0 Å². The Morgan fingerprint density at radius 1 is 1.09 bits per heavy atom. The molecule has 2 aromatic carbocycles. The minimum atomic E-state index is -0.148. The molecule has 2 N–H and O–H groups in total. The van der Waals surface area contributed by atoms with Gasteiger partial charge in [0.05, 0.1) is 5.75 Å². The first-order valence-electron chi connectivity index (χ1n) is 6.81. The second-order valence-corrected chi connectivity index (χ2v) is 5.55. The SMILES string of the molecule is O=C(CSc1nnc(-c2ccc(O)cc2)o1)Nc1ccccc1. The molecule has 0 fully saturated rings. The van der Waals surface area contributed by atoms with E-state index in [0.717, 1.165) is 17.4 Å². The van der Waals surface area contributed by atoms with E-state index in [1.165, 1.54) is 0 Å². The van der Waals surface area contributed by atoms with Gasteiger partial charge in [-0.2, -0.15) is 0 Å². The highest BCUT2D eigenvalue weighted by Crippen LogP contribution is 2.24. The molecule has 1 aromatic heterocycles. The maximum absolute atomic E-state index is 11.9. The number of carbonyl (C=O) groups is 1. The molecule has 0 aliphatic carbocycles. The van der Waals surface area contributed by atoms with Crippen molar-refractivity contribution < 1.29 is 14.3 Å². The Morgan fingerprint density at radius 2 is 1.83 bits per heavy atom. The lowest BCUT2D eigenvalue weighted by atomic mass is 10.2. The third-order valence-electron chi connectivity index (χ3n) is 2.90. The average molecular weight is 327 g/mol. The third kappa shape index (κ3) is 4.10. The maximum atomic E-state index is 11.9. The molecule has 0 aliphatic heterocycles. The Bertz CT molecular complexity index is 788. The number of benzene rings is 2. The second kappa shape index (κ2) is 6.97. The normalized spacial score (nSPS) is 10.4. The molecule has 0 atom stereocenters. The molecular formula is C16H13N3O3S. The Labute approximate surface area is 136 Å². The Kier molecular flexibility index (Phi) is 4.58. The molecule has 0 spiro atoms. The lowest BCUT2D eigenvalue weighted by Gasteiger charge is -2.02. The number of nitrogens with zero attached hydrogens (tertiary/aromatic N) is 2. The number of carbonyl (C=O) groups excluding carboxylic acids is 1. The fraction of sp³-hybridized carbons (Fsp3) is 0.0625. The number of amides is 1. The molecule has 0 radical (unpaired) electrons. The van der Waals surface area contributed by atoms with Gasteiger partial charge in [0.1, 0.15) is 5.75 Å². The first kappa shape index (κ1) is 15.1. The molecule has 3 rings (SSSR count). The van der Waals surface area contributed by atoms with Gasteiger partial charge in [-0.3, -0.25) is 4.79 Å². The van der Waals surface area contributed by atoms with E-state index < -0.39 is 0 Å². The highest BCUT2D eigenvalue weighted by Gasteiger charge is 2.11. The van der Waals surface area contributed by atoms with Crippen molar-refractivity contribution in [3.8, 4) is 17.2 Å². The van der Waals surface area contributed by atoms with Crippen LogP contribution < -0.4 is 5.32 Å². The quantitative estimate of drug-likeness (QED) is 0.700. The summed E-state index contributed by atoms with van der Waals surface area (Å²) in [6, 6.07) is 15.7. The third-order valence-corrected chi connectivity index (χ3v) is 3.72. The number of para-hydroxylation sites is 1. The zero-order chi connectivity index (χ0) is 16.1. The van der Waals surface area contributed by atoms with Gasteiger partial charge in [0.25, 0.3) is 5.22 Å². The number of phenolic OH excluding ortho intramolecular Hbond substituents is 1. The van der Waals surface area contributed by atoms with Crippen LogP contribution in [0.4, 0.5) is 5.69 Å². The van der Waals surface area contributed by atoms with Crippen LogP contribution in [-0.4, -0.2) is 27.0 Å². The van der Waals surface area contributed by atoms with E-state index in [0.29, 0.717) is 16.7 Å². The van der Waals surface area contributed by atoms with E-state index in [1.807, 2.05) is 30.3 Å². The van der Waals surface area contributed by atoms with Crippen LogP contribution >= 0.6 is 11.8 Å². The van der Waals surface area contributed by atoms with Gasteiger partial charge < -0.3 is 14.8 Å². The molecule has 0 unspecified atom stereocenters. The number of hydrogen-bond donors (Lipinski definition) is 2. The molecule has 6 nitrogen and oxygen atoms in total. The number of anilines is 1. The van der Waals surface area contributed by atoms with Crippen LogP contribution in [0.1, 0.15) is 0 Å². The number of hydrogen-bond acceptors (Lipinski definition) is 6. The van der Waals surface area contributed by atoms with Crippen LogP contribution in [0.5, 0.6) is 5.75 Å². The number of phenols is 1. The molecule has 0 bridgehead atoms. The number of aromatic nitrogens is 2. The molecule has 0 saturated carbocycles. The zero-order valence-electron chi connectivity index (χ0n) is 12.0. The van der Waals surface area contributed by atoms with Crippen molar-refractivity contribution in [3.63, 3.8) is 0 Å². The fourth-order valence-corrected chi connectivity index (χ4v) is 2.40. The van der Waals surface area contributed by atoms with Crippen molar-refractivity contribution in [1.29, 1.82) is 0 Å². The van der Waals surface area contributed by atoms with Gasteiger partial charge in [-0.05, 0) is 36.4 Å². The summed E-state index contributed by atoms with van der Waals surface area (Å²) in [6.45, 7) is 0. The largest absolute Gasteiger partial charge is 0.508 e. The zero-order valence-corrected chi connectivity index (χ0v) is 12.8. The first-order chi connectivity index (χ1) is 11.2. The highest BCUT2D eigenvalue weighted by molar-refractivity contribution is 7.99. The average Bonchev–Trinajstić information content (AvgIpc) is 3.04. The number of rotatable bonds is 5. The molecule has 7 heteroatoms. The van der Waals surface area contributed by atoms with Crippen molar-refractivity contribution in [3.05, 3.63) is 54.6 Å². The van der Waals surface area contributed by atoms with Gasteiger partial charge in [0, 0.05) is 11.3 Å². The smallest absolute Gasteiger partial charge is 0.277 e. The van der Waals surface area contributed by atoms with Crippen molar-refractivity contribution in [2.45, 2.75) is 5.22 Å². The lowest BCUT2D eigenvalue weighted by molar-refractivity contribution is -0.113. The summed E-state index contributed by atoms with van der Waals surface area (Å²) < 4.78 is 5.49. The van der Waals surface area contributed by atoms with E-state index in [1.54, 1.807) is 24.3 Å². The predicted molar refractivity (Wildman–Crippen MR) is 87.2 cm³/mol. The maximum Gasteiger partial charge on any atom is 0.277 e. The van der Waals surface area contributed by atoms with Gasteiger partial charge in [0.2, 0.25) is 11.8 Å². The van der Waals surface area contributed by atoms with Crippen molar-refractivity contribution in [2.75, 3.05) is 11.1 Å². The molecule has 1 heterocycles. The lowest BCUT2D eigenvalue weighted by Crippen LogP contribution is -2.13. The van der Waals surface area contributed by atoms with Crippen molar-refractivity contribution in [2.24, 2.45) is 0 Å². The highest BCUT2D eigenvalue weighted by atomic mass is 32.2. The molecule has 3 aromatic rings. The van der Waals surface area contributed by atoms with Crippen LogP contribution in [0.25, 0.3) is 11.5 Å². The van der Waals surface area contributed by atoms with E-state index in [4.69, 9.17) is 4.42 Å². The summed E-state index contributed by atoms with van der Waals surface area (Å²) in [5.41, 5.74) is 1.45. The molecule has 1 amide bonds. The van der Waals surface area contributed by atoms with E-state index >= 15 is 0 Å². The summed E-state index contributed by atoms with van der Waals surface area (Å²) in [4.78, 5) is 11.9. The van der Waals surface area contributed by atoms with Crippen LogP contribution in [0.3, 0.4) is 0 Å². The van der Waals surface area contributed by atoms with Crippen LogP contribution in [-0.2, 0) is 4.79 Å². The molecule has 23 heavy (non-hydrogen) atoms. The summed E-state index contributed by atoms with van der Waals surface area (Å²) in [5, 5.41) is 20.2. The Balaban J connectivity index is 1.57. The van der Waals surface area contributed by atoms with Gasteiger partial charge in [-0.15, -0.1) is 10.2 Å². The number of aromatic hydroxyl groups is 1. The minimum absolute atomic E-state index is 0.148. The minimum Gasteiger partial charge on any atom is -0.508 e. The molecule has 116 valence electrons. The van der Waals surface area contributed by atoms with Crippen LogP contribution in [0.2, 0.25) is 0 Å². The first-order valence-corrected chi connectivity index (χ1v) is 7.80. The monoisotopic (exact) mass is 327 g/mol. The fourth-order valence-electron chi connectivity index (χ4n) is 1.83. The number of nitrogens with one attached hydrogen (secondary N) is 1. The van der Waals surface area contributed by atoms with Gasteiger partial charge in [0.15, 0.2) is 0 Å². The van der Waals surface area contributed by atoms with Crippen LogP contribution in [0.15, 0.2) is 64.2 Å². The van der Waals surface area contributed by atoms with E-state index in [2.05, 4.69) is 15.5 Å². The molecule has 0 saturated heterocycles. The summed E-state index contributed by atoms with van der Waals surface area (Å²) in [5.74, 6) is 0.536. The molecule has 0 aliphatic rings. The Hall–Kier alpha value is -2.80. The molecular weight excluding hydrogens is 314 g/mol. The predicted octanol–water partition coefficient (Wildman–Crippen LogP) is 3.17. The second-order valence-electron chi connectivity index (χ2n) is 4.62. The van der Waals surface area contributed by atoms with Gasteiger partial charge >= 0.3 is 0 Å². The van der Waals surface area contributed by atoms with Crippen LogP contribution in [0, 0.1) is 0 Å². The van der Waals surface area contributed by atoms with E-state index in [-0.39, 0.29) is 17.4 Å². The van der Waals surface area contributed by atoms with Gasteiger partial charge in [-0.1, -0.05) is 30.0 Å². The van der Waals surface area contributed by atoms with Crippen molar-refractivity contribution in [1.82, 2.24) is 10.2 Å². The topological polar surface area (TPSA) is 88.2 Å². The standard InChI is InChI=1S/C16H13N3O3S/c20-13-8-6-11(7-9-13)15-18-19-16(22-15)23-10-14(21)17-12-4-2-1-3-5-12/h1-9,20H,10H2,(H,17,21).